The van der Waals surface area contributed by atoms with Crippen molar-refractivity contribution in [3.8, 4) is 6.07 Å². The summed E-state index contributed by atoms with van der Waals surface area (Å²) in [6.45, 7) is 3.43. The van der Waals surface area contributed by atoms with Gasteiger partial charge in [-0.05, 0) is 49.5 Å². The quantitative estimate of drug-likeness (QED) is 0.648. The lowest BCUT2D eigenvalue weighted by Crippen LogP contribution is -2.38. The third-order valence-electron chi connectivity index (χ3n) is 4.92. The average molecular weight is 370 g/mol. The summed E-state index contributed by atoms with van der Waals surface area (Å²) in [4.78, 5) is 2.33. The first-order valence-electron chi connectivity index (χ1n) is 9.45. The highest BCUT2D eigenvalue weighted by molar-refractivity contribution is 5.29. The summed E-state index contributed by atoms with van der Waals surface area (Å²) in [5.74, 6) is -0.244. The second-order valence-corrected chi connectivity index (χ2v) is 7.09. The second-order valence-electron chi connectivity index (χ2n) is 7.09. The van der Waals surface area contributed by atoms with E-state index in [1.165, 1.54) is 18.1 Å². The highest BCUT2D eigenvalue weighted by Gasteiger charge is 2.42. The summed E-state index contributed by atoms with van der Waals surface area (Å²) in [6.07, 6.45) is -0.165. The maximum absolute atomic E-state index is 13.5. The molecule has 1 fully saturated rings. The molecule has 0 aliphatic heterocycles. The Morgan fingerprint density at radius 3 is 2.22 bits per heavy atom. The van der Waals surface area contributed by atoms with Crippen LogP contribution in [0.15, 0.2) is 54.6 Å². The van der Waals surface area contributed by atoms with Crippen LogP contribution >= 0.6 is 0 Å². The van der Waals surface area contributed by atoms with E-state index in [0.717, 1.165) is 31.5 Å². The Bertz CT molecular complexity index is 709. The van der Waals surface area contributed by atoms with Crippen LogP contribution in [0.1, 0.15) is 42.4 Å². The maximum atomic E-state index is 13.5. The van der Waals surface area contributed by atoms with Gasteiger partial charge in [0.05, 0.1) is 6.07 Å². The largest absolute Gasteiger partial charge is 0.302 e. The van der Waals surface area contributed by atoms with Gasteiger partial charge in [0.1, 0.15) is 12.3 Å². The lowest BCUT2D eigenvalue weighted by Gasteiger charge is -2.34. The van der Waals surface area contributed by atoms with E-state index in [9.17, 15) is 8.78 Å². The molecule has 2 nitrogen and oxygen atoms in total. The lowest BCUT2D eigenvalue weighted by atomic mass is 9.76. The third-order valence-corrected chi connectivity index (χ3v) is 4.92. The normalized spacial score (nSPS) is 21.0. The van der Waals surface area contributed by atoms with Crippen molar-refractivity contribution in [2.75, 3.05) is 13.6 Å². The summed E-state index contributed by atoms with van der Waals surface area (Å²) in [5, 5.41) is 7.32. The molecule has 0 radical (unpaired) electrons. The standard InChI is InChI=1S/C21H25F2N.C2H3N/c1-24(15-17-6-3-2-4-7-17)13-5-8-16-9-11-18(12-10-16)19-14-20(22)21(19)23;1-2-3/h2-4,6-7,9-12,19-21H,5,8,13-15H2,1H3;1H3. The fraction of sp³-hybridized carbons (Fsp3) is 0.435. The first-order valence-corrected chi connectivity index (χ1v) is 9.45. The maximum Gasteiger partial charge on any atom is 0.138 e. The molecule has 2 aromatic carbocycles. The van der Waals surface area contributed by atoms with Crippen LogP contribution in [0, 0.1) is 11.3 Å². The Morgan fingerprint density at radius 2 is 1.67 bits per heavy atom. The first-order chi connectivity index (χ1) is 13.0. The molecular formula is C23H28F2N2. The average Bonchev–Trinajstić information content (AvgIpc) is 2.68. The van der Waals surface area contributed by atoms with Gasteiger partial charge < -0.3 is 4.90 Å². The highest BCUT2D eigenvalue weighted by atomic mass is 19.2. The van der Waals surface area contributed by atoms with Crippen molar-refractivity contribution in [1.82, 2.24) is 4.90 Å². The van der Waals surface area contributed by atoms with Gasteiger partial charge in [0.15, 0.2) is 0 Å². The van der Waals surface area contributed by atoms with Crippen LogP contribution < -0.4 is 0 Å². The van der Waals surface area contributed by atoms with Crippen LogP contribution in [0.2, 0.25) is 0 Å². The van der Waals surface area contributed by atoms with Gasteiger partial charge in [0.25, 0.3) is 0 Å². The molecule has 0 spiro atoms. The van der Waals surface area contributed by atoms with Crippen LogP contribution in [0.4, 0.5) is 8.78 Å². The molecule has 1 aliphatic rings. The fourth-order valence-electron chi connectivity index (χ4n) is 3.34. The molecule has 3 atom stereocenters. The first kappa shape index (κ1) is 21.1. The van der Waals surface area contributed by atoms with E-state index in [2.05, 4.69) is 48.3 Å². The summed E-state index contributed by atoms with van der Waals surface area (Å²) >= 11 is 0. The summed E-state index contributed by atoms with van der Waals surface area (Å²) < 4.78 is 26.4. The van der Waals surface area contributed by atoms with E-state index in [1.807, 2.05) is 18.2 Å². The van der Waals surface area contributed by atoms with E-state index in [0.29, 0.717) is 6.42 Å². The molecule has 0 amide bonds. The number of aryl methyl sites for hydroxylation is 1. The Hall–Kier alpha value is -2.25. The number of benzene rings is 2. The van der Waals surface area contributed by atoms with Crippen molar-refractivity contribution < 1.29 is 8.78 Å². The van der Waals surface area contributed by atoms with Crippen molar-refractivity contribution in [2.24, 2.45) is 0 Å². The van der Waals surface area contributed by atoms with Gasteiger partial charge in [-0.3, -0.25) is 0 Å². The Morgan fingerprint density at radius 1 is 1.04 bits per heavy atom. The number of nitriles is 1. The Balaban J connectivity index is 0.000000817. The molecule has 27 heavy (non-hydrogen) atoms. The van der Waals surface area contributed by atoms with Crippen LogP contribution in [-0.2, 0) is 13.0 Å². The third kappa shape index (κ3) is 6.45. The molecule has 0 N–H and O–H groups in total. The van der Waals surface area contributed by atoms with Crippen molar-refractivity contribution in [3.63, 3.8) is 0 Å². The van der Waals surface area contributed by atoms with Gasteiger partial charge in [-0.25, -0.2) is 8.78 Å². The topological polar surface area (TPSA) is 27.0 Å². The Kier molecular flexibility index (Phi) is 8.42. The van der Waals surface area contributed by atoms with Crippen LogP contribution in [0.5, 0.6) is 0 Å². The molecule has 0 saturated heterocycles. The van der Waals surface area contributed by atoms with Crippen LogP contribution in [0.25, 0.3) is 0 Å². The van der Waals surface area contributed by atoms with Crippen LogP contribution in [-0.4, -0.2) is 30.8 Å². The number of alkyl halides is 2. The van der Waals surface area contributed by atoms with Crippen molar-refractivity contribution >= 4 is 0 Å². The SMILES string of the molecule is CC#N.CN(CCCc1ccc(C2CC(F)C2F)cc1)Cc1ccccc1. The zero-order chi connectivity index (χ0) is 19.6. The van der Waals surface area contributed by atoms with Crippen molar-refractivity contribution in [1.29, 1.82) is 5.26 Å². The van der Waals surface area contributed by atoms with E-state index in [4.69, 9.17) is 5.26 Å². The summed E-state index contributed by atoms with van der Waals surface area (Å²) in [7, 11) is 2.14. The van der Waals surface area contributed by atoms with Gasteiger partial charge >= 0.3 is 0 Å². The number of hydrogen-bond donors (Lipinski definition) is 0. The van der Waals surface area contributed by atoms with Crippen LogP contribution in [0.3, 0.4) is 0 Å². The van der Waals surface area contributed by atoms with Gasteiger partial charge in [0.2, 0.25) is 0 Å². The zero-order valence-corrected chi connectivity index (χ0v) is 16.1. The van der Waals surface area contributed by atoms with E-state index >= 15 is 0 Å². The van der Waals surface area contributed by atoms with Crippen molar-refractivity contribution in [3.05, 3.63) is 71.3 Å². The highest BCUT2D eigenvalue weighted by Crippen LogP contribution is 2.41. The molecule has 4 heteroatoms. The molecule has 0 aromatic heterocycles. The molecular weight excluding hydrogens is 342 g/mol. The van der Waals surface area contributed by atoms with Gasteiger partial charge in [-0.1, -0.05) is 54.6 Å². The van der Waals surface area contributed by atoms with E-state index < -0.39 is 12.3 Å². The number of rotatable bonds is 7. The monoisotopic (exact) mass is 370 g/mol. The predicted molar refractivity (Wildman–Crippen MR) is 106 cm³/mol. The lowest BCUT2D eigenvalue weighted by molar-refractivity contribution is 0.0428. The molecule has 0 heterocycles. The summed E-state index contributed by atoms with van der Waals surface area (Å²) in [5.41, 5.74) is 3.52. The molecule has 2 aromatic rings. The van der Waals surface area contributed by atoms with E-state index in [1.54, 1.807) is 6.07 Å². The minimum atomic E-state index is -1.32. The number of hydrogen-bond acceptors (Lipinski definition) is 2. The molecule has 3 unspecified atom stereocenters. The Labute approximate surface area is 161 Å². The summed E-state index contributed by atoms with van der Waals surface area (Å²) in [6, 6.07) is 20.3. The number of nitrogens with zero attached hydrogens (tertiary/aromatic N) is 2. The molecule has 0 bridgehead atoms. The molecule has 1 aliphatic carbocycles. The smallest absolute Gasteiger partial charge is 0.138 e. The zero-order valence-electron chi connectivity index (χ0n) is 16.1. The van der Waals surface area contributed by atoms with Gasteiger partial charge in [-0.15, -0.1) is 0 Å². The van der Waals surface area contributed by atoms with E-state index in [-0.39, 0.29) is 5.92 Å². The van der Waals surface area contributed by atoms with Gasteiger partial charge in [0, 0.05) is 19.4 Å². The second kappa shape index (κ2) is 10.8. The minimum Gasteiger partial charge on any atom is -0.302 e. The predicted octanol–water partition coefficient (Wildman–Crippen LogP) is 5.44. The minimum absolute atomic E-state index is 0.244. The van der Waals surface area contributed by atoms with Crippen molar-refractivity contribution in [2.45, 2.75) is 51.0 Å². The molecule has 1 saturated carbocycles. The van der Waals surface area contributed by atoms with Gasteiger partial charge in [-0.2, -0.15) is 5.26 Å². The molecule has 144 valence electrons. The molecule has 3 rings (SSSR count). The number of halogens is 2. The fourth-order valence-corrected chi connectivity index (χ4v) is 3.34.